The molecule has 2 atom stereocenters. The van der Waals surface area contributed by atoms with E-state index in [-0.39, 0.29) is 24.0 Å². The standard InChI is InChI=1S/C13H15ClFNO4S/c1-8-6-16(7-9(8)13(17)20-2)21(18,19)11-5-3-4-10(14)12(11)15/h3-5,8-9H,6-7H2,1-2H3. The fraction of sp³-hybridized carbons (Fsp3) is 0.462. The van der Waals surface area contributed by atoms with Crippen molar-refractivity contribution < 1.29 is 22.3 Å². The van der Waals surface area contributed by atoms with Crippen molar-refractivity contribution >= 4 is 27.6 Å². The number of ether oxygens (including phenoxy) is 1. The van der Waals surface area contributed by atoms with E-state index in [1.165, 1.54) is 19.2 Å². The van der Waals surface area contributed by atoms with Crippen LogP contribution in [-0.2, 0) is 19.6 Å². The number of nitrogens with zero attached hydrogens (tertiary/aromatic N) is 1. The molecule has 1 aromatic carbocycles. The average Bonchev–Trinajstić information content (AvgIpc) is 2.83. The van der Waals surface area contributed by atoms with E-state index in [0.29, 0.717) is 0 Å². The smallest absolute Gasteiger partial charge is 0.310 e. The summed E-state index contributed by atoms with van der Waals surface area (Å²) in [4.78, 5) is 11.1. The molecule has 1 aromatic rings. The molecular weight excluding hydrogens is 321 g/mol. The topological polar surface area (TPSA) is 63.7 Å². The Bertz CT molecular complexity index is 664. The van der Waals surface area contributed by atoms with Gasteiger partial charge in [0, 0.05) is 13.1 Å². The SMILES string of the molecule is COC(=O)C1CN(S(=O)(=O)c2cccc(Cl)c2F)CC1C. The van der Waals surface area contributed by atoms with Crippen LogP contribution in [0, 0.1) is 17.7 Å². The largest absolute Gasteiger partial charge is 0.469 e. The zero-order chi connectivity index (χ0) is 15.8. The average molecular weight is 336 g/mol. The van der Waals surface area contributed by atoms with Crippen molar-refractivity contribution in [1.82, 2.24) is 4.31 Å². The van der Waals surface area contributed by atoms with Crippen LogP contribution in [0.15, 0.2) is 23.1 Å². The number of sulfonamides is 1. The minimum Gasteiger partial charge on any atom is -0.469 e. The molecule has 0 aliphatic carbocycles. The maximum atomic E-state index is 13.9. The van der Waals surface area contributed by atoms with E-state index in [2.05, 4.69) is 4.74 Å². The minimum absolute atomic E-state index is 0.0257. The fourth-order valence-electron chi connectivity index (χ4n) is 2.40. The number of halogens is 2. The number of carbonyl (C=O) groups excluding carboxylic acids is 1. The van der Waals surface area contributed by atoms with Gasteiger partial charge in [0.25, 0.3) is 0 Å². The van der Waals surface area contributed by atoms with E-state index >= 15 is 0 Å². The van der Waals surface area contributed by atoms with Crippen LogP contribution >= 0.6 is 11.6 Å². The molecule has 2 rings (SSSR count). The molecule has 0 bridgehead atoms. The predicted octanol–water partition coefficient (Wildman–Crippen LogP) is 1.91. The molecule has 1 aliphatic heterocycles. The molecule has 0 aromatic heterocycles. The minimum atomic E-state index is -4.03. The van der Waals surface area contributed by atoms with Crippen LogP contribution in [0.5, 0.6) is 0 Å². The first kappa shape index (κ1) is 16.2. The number of rotatable bonds is 3. The third kappa shape index (κ3) is 2.90. The Morgan fingerprint density at radius 3 is 2.71 bits per heavy atom. The summed E-state index contributed by atoms with van der Waals surface area (Å²) >= 11 is 5.62. The van der Waals surface area contributed by atoms with Gasteiger partial charge in [-0.1, -0.05) is 24.6 Å². The van der Waals surface area contributed by atoms with E-state index in [0.717, 1.165) is 10.4 Å². The second-order valence-electron chi connectivity index (χ2n) is 4.98. The molecule has 0 radical (unpaired) electrons. The van der Waals surface area contributed by atoms with Crippen molar-refractivity contribution in [2.75, 3.05) is 20.2 Å². The van der Waals surface area contributed by atoms with Crippen molar-refractivity contribution in [3.63, 3.8) is 0 Å². The van der Waals surface area contributed by atoms with Gasteiger partial charge >= 0.3 is 5.97 Å². The van der Waals surface area contributed by atoms with Crippen LogP contribution in [0.3, 0.4) is 0 Å². The van der Waals surface area contributed by atoms with Gasteiger partial charge in [-0.2, -0.15) is 4.31 Å². The Balaban J connectivity index is 2.34. The first-order valence-corrected chi connectivity index (χ1v) is 8.12. The zero-order valence-corrected chi connectivity index (χ0v) is 13.1. The maximum Gasteiger partial charge on any atom is 0.310 e. The molecule has 8 heteroatoms. The van der Waals surface area contributed by atoms with Crippen LogP contribution in [0.2, 0.25) is 5.02 Å². The summed E-state index contributed by atoms with van der Waals surface area (Å²) in [7, 11) is -2.78. The van der Waals surface area contributed by atoms with E-state index in [4.69, 9.17) is 11.6 Å². The molecule has 5 nitrogen and oxygen atoms in total. The van der Waals surface area contributed by atoms with Crippen molar-refractivity contribution in [3.05, 3.63) is 29.0 Å². The van der Waals surface area contributed by atoms with Crippen molar-refractivity contribution in [2.24, 2.45) is 11.8 Å². The summed E-state index contributed by atoms with van der Waals surface area (Å²) in [6.45, 7) is 1.86. The normalized spacial score (nSPS) is 23.2. The highest BCUT2D eigenvalue weighted by Gasteiger charge is 2.42. The molecule has 1 aliphatic rings. The second kappa shape index (κ2) is 5.90. The monoisotopic (exact) mass is 335 g/mol. The number of methoxy groups -OCH3 is 1. The molecule has 1 saturated heterocycles. The van der Waals surface area contributed by atoms with Crippen molar-refractivity contribution in [2.45, 2.75) is 11.8 Å². The quantitative estimate of drug-likeness (QED) is 0.792. The zero-order valence-electron chi connectivity index (χ0n) is 11.5. The van der Waals surface area contributed by atoms with Gasteiger partial charge in [-0.3, -0.25) is 4.79 Å². The lowest BCUT2D eigenvalue weighted by Crippen LogP contribution is -2.31. The number of carbonyl (C=O) groups is 1. The van der Waals surface area contributed by atoms with Gasteiger partial charge < -0.3 is 4.74 Å². The predicted molar refractivity (Wildman–Crippen MR) is 74.8 cm³/mol. The highest BCUT2D eigenvalue weighted by Crippen LogP contribution is 2.31. The van der Waals surface area contributed by atoms with Crippen molar-refractivity contribution in [1.29, 1.82) is 0 Å². The van der Waals surface area contributed by atoms with Crippen LogP contribution in [0.1, 0.15) is 6.92 Å². The molecule has 21 heavy (non-hydrogen) atoms. The molecule has 1 fully saturated rings. The van der Waals surface area contributed by atoms with Gasteiger partial charge in [-0.05, 0) is 18.1 Å². The van der Waals surface area contributed by atoms with Gasteiger partial charge in [0.1, 0.15) is 4.90 Å². The summed E-state index contributed by atoms with van der Waals surface area (Å²) in [5.74, 6) is -2.19. The summed E-state index contributed by atoms with van der Waals surface area (Å²) < 4.78 is 44.7. The first-order valence-electron chi connectivity index (χ1n) is 6.31. The lowest BCUT2D eigenvalue weighted by Gasteiger charge is -2.17. The van der Waals surface area contributed by atoms with Gasteiger partial charge in [-0.25, -0.2) is 12.8 Å². The fourth-order valence-corrected chi connectivity index (χ4v) is 4.28. The number of hydrogen-bond acceptors (Lipinski definition) is 4. The molecule has 0 spiro atoms. The van der Waals surface area contributed by atoms with E-state index in [1.54, 1.807) is 6.92 Å². The van der Waals surface area contributed by atoms with Crippen molar-refractivity contribution in [3.8, 4) is 0 Å². The Morgan fingerprint density at radius 2 is 2.10 bits per heavy atom. The lowest BCUT2D eigenvalue weighted by atomic mass is 9.99. The summed E-state index contributed by atoms with van der Waals surface area (Å²) in [5, 5.41) is -0.257. The van der Waals surface area contributed by atoms with Gasteiger partial charge in [-0.15, -0.1) is 0 Å². The highest BCUT2D eigenvalue weighted by atomic mass is 35.5. The van der Waals surface area contributed by atoms with E-state index in [9.17, 15) is 17.6 Å². The molecule has 2 unspecified atom stereocenters. The molecule has 116 valence electrons. The number of hydrogen-bond donors (Lipinski definition) is 0. The molecule has 1 heterocycles. The Morgan fingerprint density at radius 1 is 1.43 bits per heavy atom. The first-order chi connectivity index (χ1) is 9.78. The highest BCUT2D eigenvalue weighted by molar-refractivity contribution is 7.89. The molecular formula is C13H15ClFNO4S. The molecule has 0 N–H and O–H groups in total. The van der Waals surface area contributed by atoms with Crippen LogP contribution < -0.4 is 0 Å². The Hall–Kier alpha value is -1.18. The Labute approximate surface area is 127 Å². The molecule has 0 saturated carbocycles. The number of esters is 1. The third-order valence-corrected chi connectivity index (χ3v) is 5.76. The van der Waals surface area contributed by atoms with E-state index in [1.807, 2.05) is 0 Å². The van der Waals surface area contributed by atoms with Gasteiger partial charge in [0.05, 0.1) is 18.1 Å². The van der Waals surface area contributed by atoms with Crippen LogP contribution in [0.25, 0.3) is 0 Å². The lowest BCUT2D eigenvalue weighted by molar-refractivity contribution is -0.145. The molecule has 0 amide bonds. The summed E-state index contributed by atoms with van der Waals surface area (Å²) in [5.41, 5.74) is 0. The third-order valence-electron chi connectivity index (χ3n) is 3.62. The van der Waals surface area contributed by atoms with E-state index < -0.39 is 32.6 Å². The number of benzene rings is 1. The Kier molecular flexibility index (Phi) is 4.55. The summed E-state index contributed by atoms with van der Waals surface area (Å²) in [6, 6.07) is 3.81. The van der Waals surface area contributed by atoms with Gasteiger partial charge in [0.15, 0.2) is 5.82 Å². The van der Waals surface area contributed by atoms with Crippen LogP contribution in [-0.4, -0.2) is 38.9 Å². The maximum absolute atomic E-state index is 13.9. The second-order valence-corrected chi connectivity index (χ2v) is 7.29. The van der Waals surface area contributed by atoms with Gasteiger partial charge in [0.2, 0.25) is 10.0 Å². The van der Waals surface area contributed by atoms with Crippen LogP contribution in [0.4, 0.5) is 4.39 Å². The summed E-state index contributed by atoms with van der Waals surface area (Å²) in [6.07, 6.45) is 0.